The van der Waals surface area contributed by atoms with Gasteiger partial charge in [0.1, 0.15) is 0 Å². The van der Waals surface area contributed by atoms with Crippen molar-refractivity contribution in [1.29, 1.82) is 0 Å². The highest BCUT2D eigenvalue weighted by atomic mass is 16.5. The van der Waals surface area contributed by atoms with Crippen LogP contribution in [0.25, 0.3) is 0 Å². The van der Waals surface area contributed by atoms with Crippen molar-refractivity contribution in [1.82, 2.24) is 15.4 Å². The van der Waals surface area contributed by atoms with Gasteiger partial charge in [0, 0.05) is 25.7 Å². The normalized spacial score (nSPS) is 21.9. The topological polar surface area (TPSA) is 50.5 Å². The molecule has 1 aliphatic rings. The molecular formula is C12H21N3O2. The van der Waals surface area contributed by atoms with E-state index in [9.17, 15) is 0 Å². The average Bonchev–Trinajstić information content (AvgIpc) is 2.74. The van der Waals surface area contributed by atoms with Crippen LogP contribution in [0.4, 0.5) is 0 Å². The van der Waals surface area contributed by atoms with E-state index in [-0.39, 0.29) is 0 Å². The standard InChI is InChI=1S/C12H21N3O2/c1-3-13-7-11-6-12(17-14-11)9-15-4-5-16-10(2)8-15/h6,10,13H,3-5,7-9H2,1-2H3. The smallest absolute Gasteiger partial charge is 0.151 e. The predicted molar refractivity (Wildman–Crippen MR) is 64.6 cm³/mol. The third-order valence-electron chi connectivity index (χ3n) is 2.87. The van der Waals surface area contributed by atoms with Gasteiger partial charge in [0.25, 0.3) is 0 Å². The molecule has 1 saturated heterocycles. The van der Waals surface area contributed by atoms with Gasteiger partial charge in [-0.1, -0.05) is 12.1 Å². The Bertz CT molecular complexity index is 340. The fourth-order valence-electron chi connectivity index (χ4n) is 2.02. The molecule has 0 spiro atoms. The molecule has 17 heavy (non-hydrogen) atoms. The molecule has 2 rings (SSSR count). The van der Waals surface area contributed by atoms with E-state index >= 15 is 0 Å². The molecule has 1 aliphatic heterocycles. The summed E-state index contributed by atoms with van der Waals surface area (Å²) < 4.78 is 10.8. The van der Waals surface area contributed by atoms with Gasteiger partial charge in [0.15, 0.2) is 5.76 Å². The fraction of sp³-hybridized carbons (Fsp3) is 0.750. The number of nitrogens with zero attached hydrogens (tertiary/aromatic N) is 2. The molecule has 2 heterocycles. The van der Waals surface area contributed by atoms with Crippen LogP contribution < -0.4 is 5.32 Å². The summed E-state index contributed by atoms with van der Waals surface area (Å²) in [5.74, 6) is 0.937. The zero-order chi connectivity index (χ0) is 12.1. The molecular weight excluding hydrogens is 218 g/mol. The minimum atomic E-state index is 0.313. The van der Waals surface area contributed by atoms with E-state index in [0.717, 1.165) is 50.8 Å². The number of nitrogens with one attached hydrogen (secondary N) is 1. The van der Waals surface area contributed by atoms with Gasteiger partial charge in [-0.25, -0.2) is 0 Å². The Hall–Kier alpha value is -0.910. The second-order valence-corrected chi connectivity index (χ2v) is 4.48. The average molecular weight is 239 g/mol. The maximum atomic E-state index is 5.51. The Balaban J connectivity index is 1.83. The van der Waals surface area contributed by atoms with E-state index in [1.54, 1.807) is 0 Å². The van der Waals surface area contributed by atoms with Crippen molar-refractivity contribution >= 4 is 0 Å². The first kappa shape index (κ1) is 12.5. The molecule has 96 valence electrons. The third kappa shape index (κ3) is 3.80. The van der Waals surface area contributed by atoms with Gasteiger partial charge < -0.3 is 14.6 Å². The summed E-state index contributed by atoms with van der Waals surface area (Å²) in [6.07, 6.45) is 0.313. The van der Waals surface area contributed by atoms with Crippen LogP contribution in [-0.4, -0.2) is 42.4 Å². The third-order valence-corrected chi connectivity index (χ3v) is 2.87. The number of hydrogen-bond donors (Lipinski definition) is 1. The lowest BCUT2D eigenvalue weighted by molar-refractivity contribution is -0.0235. The SMILES string of the molecule is CCNCc1cc(CN2CCOC(C)C2)on1. The van der Waals surface area contributed by atoms with Crippen LogP contribution in [0, 0.1) is 0 Å². The van der Waals surface area contributed by atoms with Crippen molar-refractivity contribution < 1.29 is 9.26 Å². The summed E-state index contributed by atoms with van der Waals surface area (Å²) in [6.45, 7) is 9.46. The highest BCUT2D eigenvalue weighted by molar-refractivity contribution is 5.05. The largest absolute Gasteiger partial charge is 0.376 e. The Morgan fingerprint density at radius 2 is 2.47 bits per heavy atom. The summed E-state index contributed by atoms with van der Waals surface area (Å²) in [4.78, 5) is 2.34. The lowest BCUT2D eigenvalue weighted by Crippen LogP contribution is -2.40. The quantitative estimate of drug-likeness (QED) is 0.831. The molecule has 0 saturated carbocycles. The number of morpholine rings is 1. The summed E-state index contributed by atoms with van der Waals surface area (Å²) >= 11 is 0. The van der Waals surface area contributed by atoms with Crippen LogP contribution in [0.3, 0.4) is 0 Å². The fourth-order valence-corrected chi connectivity index (χ4v) is 2.02. The zero-order valence-corrected chi connectivity index (χ0v) is 10.6. The maximum absolute atomic E-state index is 5.51. The highest BCUT2D eigenvalue weighted by Gasteiger charge is 2.18. The van der Waals surface area contributed by atoms with Gasteiger partial charge in [0.05, 0.1) is 24.9 Å². The second kappa shape index (κ2) is 6.14. The van der Waals surface area contributed by atoms with E-state index in [1.807, 2.05) is 6.07 Å². The van der Waals surface area contributed by atoms with Crippen molar-refractivity contribution in [3.8, 4) is 0 Å². The van der Waals surface area contributed by atoms with E-state index in [1.165, 1.54) is 0 Å². The van der Waals surface area contributed by atoms with Crippen LogP contribution in [0.1, 0.15) is 25.3 Å². The monoisotopic (exact) mass is 239 g/mol. The van der Waals surface area contributed by atoms with Gasteiger partial charge in [-0.05, 0) is 13.5 Å². The summed E-state index contributed by atoms with van der Waals surface area (Å²) in [5.41, 5.74) is 0.975. The molecule has 0 aromatic carbocycles. The highest BCUT2D eigenvalue weighted by Crippen LogP contribution is 2.11. The molecule has 1 aromatic rings. The molecule has 1 N–H and O–H groups in total. The molecule has 1 atom stereocenters. The van der Waals surface area contributed by atoms with Crippen molar-refractivity contribution in [2.75, 3.05) is 26.2 Å². The second-order valence-electron chi connectivity index (χ2n) is 4.48. The first-order valence-electron chi connectivity index (χ1n) is 6.27. The minimum Gasteiger partial charge on any atom is -0.376 e. The zero-order valence-electron chi connectivity index (χ0n) is 10.6. The predicted octanol–water partition coefficient (Wildman–Crippen LogP) is 1.00. The Morgan fingerprint density at radius 1 is 1.59 bits per heavy atom. The number of hydrogen-bond acceptors (Lipinski definition) is 5. The van der Waals surface area contributed by atoms with Gasteiger partial charge in [0.2, 0.25) is 0 Å². The van der Waals surface area contributed by atoms with Crippen molar-refractivity contribution in [3.63, 3.8) is 0 Å². The summed E-state index contributed by atoms with van der Waals surface area (Å²) in [5, 5.41) is 7.28. The van der Waals surface area contributed by atoms with E-state index in [0.29, 0.717) is 6.10 Å². The van der Waals surface area contributed by atoms with Crippen LogP contribution in [0.5, 0.6) is 0 Å². The number of ether oxygens (including phenoxy) is 1. The van der Waals surface area contributed by atoms with Gasteiger partial charge in [-0.3, -0.25) is 4.90 Å². The van der Waals surface area contributed by atoms with E-state index < -0.39 is 0 Å². The Kier molecular flexibility index (Phi) is 4.53. The first-order valence-corrected chi connectivity index (χ1v) is 6.27. The molecule has 1 aromatic heterocycles. The van der Waals surface area contributed by atoms with Crippen molar-refractivity contribution in [3.05, 3.63) is 17.5 Å². The molecule has 5 heteroatoms. The van der Waals surface area contributed by atoms with Crippen molar-refractivity contribution in [2.24, 2.45) is 0 Å². The molecule has 1 unspecified atom stereocenters. The van der Waals surface area contributed by atoms with Crippen LogP contribution in [0.2, 0.25) is 0 Å². The van der Waals surface area contributed by atoms with Crippen LogP contribution in [-0.2, 0) is 17.8 Å². The molecule has 0 amide bonds. The molecule has 5 nitrogen and oxygen atoms in total. The van der Waals surface area contributed by atoms with E-state index in [4.69, 9.17) is 9.26 Å². The first-order chi connectivity index (χ1) is 8.28. The van der Waals surface area contributed by atoms with Gasteiger partial charge in [-0.2, -0.15) is 0 Å². The lowest BCUT2D eigenvalue weighted by Gasteiger charge is -2.30. The van der Waals surface area contributed by atoms with Crippen molar-refractivity contribution in [2.45, 2.75) is 33.0 Å². The number of rotatable bonds is 5. The van der Waals surface area contributed by atoms with Crippen LogP contribution in [0.15, 0.2) is 10.6 Å². The van der Waals surface area contributed by atoms with Crippen LogP contribution >= 0.6 is 0 Å². The van der Waals surface area contributed by atoms with Gasteiger partial charge in [-0.15, -0.1) is 0 Å². The summed E-state index contributed by atoms with van der Waals surface area (Å²) in [7, 11) is 0. The Labute approximate surface area is 102 Å². The molecule has 0 aliphatic carbocycles. The van der Waals surface area contributed by atoms with E-state index in [2.05, 4.69) is 29.2 Å². The maximum Gasteiger partial charge on any atom is 0.151 e. The molecule has 0 bridgehead atoms. The molecule has 1 fully saturated rings. The summed E-state index contributed by atoms with van der Waals surface area (Å²) in [6, 6.07) is 2.03. The minimum absolute atomic E-state index is 0.313. The lowest BCUT2D eigenvalue weighted by atomic mass is 10.2. The number of aromatic nitrogens is 1. The Morgan fingerprint density at radius 3 is 3.24 bits per heavy atom. The molecule has 0 radical (unpaired) electrons. The van der Waals surface area contributed by atoms with Gasteiger partial charge >= 0.3 is 0 Å².